The molecule has 1 atom stereocenters. The van der Waals surface area contributed by atoms with Crippen LogP contribution in [0.25, 0.3) is 10.9 Å². The predicted octanol–water partition coefficient (Wildman–Crippen LogP) is 5.67. The van der Waals surface area contributed by atoms with E-state index < -0.39 is 24.0 Å². The van der Waals surface area contributed by atoms with E-state index >= 15 is 0 Å². The SMILES string of the molecule is COCCC(Nc1ncnc2c(C(=O)O)cccc12)c1cccc(NC(=O)c2ccc(OC(F)(F)F)cc2)c1. The summed E-state index contributed by atoms with van der Waals surface area (Å²) in [6.45, 7) is 0.393. The van der Waals surface area contributed by atoms with E-state index in [0.29, 0.717) is 35.4 Å². The van der Waals surface area contributed by atoms with E-state index in [1.165, 1.54) is 24.5 Å². The molecule has 0 aliphatic heterocycles. The second-order valence-corrected chi connectivity index (χ2v) is 8.36. The summed E-state index contributed by atoms with van der Waals surface area (Å²) >= 11 is 0. The number of amides is 1. The van der Waals surface area contributed by atoms with Crippen molar-refractivity contribution in [2.75, 3.05) is 24.4 Å². The highest BCUT2D eigenvalue weighted by Gasteiger charge is 2.31. The van der Waals surface area contributed by atoms with Gasteiger partial charge < -0.3 is 25.2 Å². The van der Waals surface area contributed by atoms with E-state index in [-0.39, 0.29) is 17.2 Å². The van der Waals surface area contributed by atoms with Crippen LogP contribution in [0.1, 0.15) is 38.7 Å². The third-order valence-electron chi connectivity index (χ3n) is 5.71. The summed E-state index contributed by atoms with van der Waals surface area (Å²) < 4.78 is 46.3. The van der Waals surface area contributed by atoms with Crippen LogP contribution < -0.4 is 15.4 Å². The Bertz CT molecular complexity index is 1480. The van der Waals surface area contributed by atoms with Gasteiger partial charge in [0, 0.05) is 30.4 Å². The van der Waals surface area contributed by atoms with Crippen molar-refractivity contribution in [1.29, 1.82) is 0 Å². The largest absolute Gasteiger partial charge is 0.573 e. The monoisotopic (exact) mass is 540 g/mol. The number of aromatic nitrogens is 2. The molecule has 12 heteroatoms. The maximum Gasteiger partial charge on any atom is 0.573 e. The van der Waals surface area contributed by atoms with Gasteiger partial charge in [0.25, 0.3) is 5.91 Å². The number of anilines is 2. The number of carboxylic acids is 1. The number of rotatable bonds is 10. The lowest BCUT2D eigenvalue weighted by atomic mass is 10.0. The maximum absolute atomic E-state index is 12.7. The first-order valence-corrected chi connectivity index (χ1v) is 11.6. The summed E-state index contributed by atoms with van der Waals surface area (Å²) in [6.07, 6.45) is -3.03. The topological polar surface area (TPSA) is 123 Å². The van der Waals surface area contributed by atoms with Crippen molar-refractivity contribution < 1.29 is 37.3 Å². The fourth-order valence-electron chi connectivity index (χ4n) is 3.94. The van der Waals surface area contributed by atoms with Crippen LogP contribution in [0.3, 0.4) is 0 Å². The van der Waals surface area contributed by atoms with Crippen molar-refractivity contribution in [3.05, 3.63) is 89.7 Å². The molecule has 3 aromatic carbocycles. The highest BCUT2D eigenvalue weighted by molar-refractivity contribution is 6.05. The molecule has 202 valence electrons. The lowest BCUT2D eigenvalue weighted by Gasteiger charge is -2.21. The van der Waals surface area contributed by atoms with Crippen LogP contribution in [-0.2, 0) is 4.74 Å². The number of methoxy groups -OCH3 is 1. The van der Waals surface area contributed by atoms with Crippen LogP contribution >= 0.6 is 0 Å². The second kappa shape index (κ2) is 11.8. The molecule has 39 heavy (non-hydrogen) atoms. The molecule has 4 aromatic rings. The first kappa shape index (κ1) is 27.3. The first-order chi connectivity index (χ1) is 18.6. The summed E-state index contributed by atoms with van der Waals surface area (Å²) in [7, 11) is 1.57. The number of carbonyl (C=O) groups excluding carboxylic acids is 1. The molecule has 9 nitrogen and oxygen atoms in total. The lowest BCUT2D eigenvalue weighted by molar-refractivity contribution is -0.274. The number of alkyl halides is 3. The molecule has 0 fully saturated rings. The van der Waals surface area contributed by atoms with Crippen LogP contribution in [0.5, 0.6) is 5.75 Å². The number of carbonyl (C=O) groups is 2. The standard InChI is InChI=1S/C27H23F3N4O5/c1-38-13-12-22(34-24-20-6-3-7-21(26(36)37)23(20)31-15-32-24)17-4-2-5-18(14-17)33-25(35)16-8-10-19(11-9-16)39-27(28,29)30/h2-11,14-15,22H,12-13H2,1H3,(H,33,35)(H,36,37)(H,31,32,34). The van der Waals surface area contributed by atoms with Crippen LogP contribution in [0.2, 0.25) is 0 Å². The van der Waals surface area contributed by atoms with Gasteiger partial charge in [-0.3, -0.25) is 4.79 Å². The summed E-state index contributed by atoms with van der Waals surface area (Å²) in [4.78, 5) is 32.8. The number of para-hydroxylation sites is 1. The zero-order valence-electron chi connectivity index (χ0n) is 20.5. The fraction of sp³-hybridized carbons (Fsp3) is 0.185. The average Bonchev–Trinajstić information content (AvgIpc) is 2.90. The van der Waals surface area contributed by atoms with Gasteiger partial charge in [0.1, 0.15) is 17.9 Å². The number of halogens is 3. The quantitative estimate of drug-likeness (QED) is 0.235. The van der Waals surface area contributed by atoms with E-state index in [4.69, 9.17) is 4.74 Å². The highest BCUT2D eigenvalue weighted by atomic mass is 19.4. The van der Waals surface area contributed by atoms with Crippen LogP contribution in [0.4, 0.5) is 24.7 Å². The van der Waals surface area contributed by atoms with Gasteiger partial charge in [0.15, 0.2) is 0 Å². The molecule has 4 rings (SSSR count). The zero-order valence-corrected chi connectivity index (χ0v) is 20.5. The van der Waals surface area contributed by atoms with E-state index in [9.17, 15) is 27.9 Å². The molecule has 0 aliphatic carbocycles. The minimum atomic E-state index is -4.83. The molecular weight excluding hydrogens is 517 g/mol. The van der Waals surface area contributed by atoms with Crippen LogP contribution in [0, 0.1) is 0 Å². The molecule has 0 saturated carbocycles. The zero-order chi connectivity index (χ0) is 28.0. The Morgan fingerprint density at radius 2 is 1.77 bits per heavy atom. The molecule has 0 saturated heterocycles. The summed E-state index contributed by atoms with van der Waals surface area (Å²) in [5.41, 5.74) is 1.72. The van der Waals surface area contributed by atoms with Gasteiger partial charge in [-0.2, -0.15) is 0 Å². The van der Waals surface area contributed by atoms with Crippen LogP contribution in [-0.4, -0.2) is 47.0 Å². The van der Waals surface area contributed by atoms with Gasteiger partial charge in [0.05, 0.1) is 17.1 Å². The predicted molar refractivity (Wildman–Crippen MR) is 137 cm³/mol. The smallest absolute Gasteiger partial charge is 0.478 e. The Morgan fingerprint density at radius 1 is 1.03 bits per heavy atom. The number of nitrogens with one attached hydrogen (secondary N) is 2. The fourth-order valence-corrected chi connectivity index (χ4v) is 3.94. The van der Waals surface area contributed by atoms with Gasteiger partial charge in [-0.15, -0.1) is 13.2 Å². The number of hydrogen-bond acceptors (Lipinski definition) is 7. The highest BCUT2D eigenvalue weighted by Crippen LogP contribution is 2.29. The van der Waals surface area contributed by atoms with Crippen molar-refractivity contribution in [1.82, 2.24) is 9.97 Å². The molecule has 1 unspecified atom stereocenters. The van der Waals surface area contributed by atoms with Gasteiger partial charge in [0.2, 0.25) is 0 Å². The Hall–Kier alpha value is -4.71. The normalized spacial score (nSPS) is 12.1. The number of carboxylic acid groups (broad SMARTS) is 1. The van der Waals surface area contributed by atoms with Crippen molar-refractivity contribution in [3.63, 3.8) is 0 Å². The molecule has 1 amide bonds. The maximum atomic E-state index is 12.7. The summed E-state index contributed by atoms with van der Waals surface area (Å²) in [5.74, 6) is -1.62. The molecule has 0 aliphatic rings. The number of aromatic carboxylic acids is 1. The Labute approximate surface area is 220 Å². The lowest BCUT2D eigenvalue weighted by Crippen LogP contribution is -2.17. The summed E-state index contributed by atoms with van der Waals surface area (Å²) in [5, 5.41) is 16.1. The average molecular weight is 540 g/mol. The van der Waals surface area contributed by atoms with Gasteiger partial charge >= 0.3 is 12.3 Å². The van der Waals surface area contributed by atoms with E-state index in [2.05, 4.69) is 25.3 Å². The van der Waals surface area contributed by atoms with Gasteiger partial charge in [-0.25, -0.2) is 14.8 Å². The number of hydrogen-bond donors (Lipinski definition) is 3. The number of benzene rings is 3. The minimum absolute atomic E-state index is 0.0501. The third-order valence-corrected chi connectivity index (χ3v) is 5.71. The van der Waals surface area contributed by atoms with Crippen molar-refractivity contribution in [2.24, 2.45) is 0 Å². The molecule has 0 radical (unpaired) electrons. The van der Waals surface area contributed by atoms with Crippen molar-refractivity contribution >= 4 is 34.3 Å². The number of ether oxygens (including phenoxy) is 2. The van der Waals surface area contributed by atoms with Gasteiger partial charge in [-0.05, 0) is 60.5 Å². The molecular formula is C27H23F3N4O5. The van der Waals surface area contributed by atoms with Gasteiger partial charge in [-0.1, -0.05) is 18.2 Å². The van der Waals surface area contributed by atoms with E-state index in [1.807, 2.05) is 6.07 Å². The van der Waals surface area contributed by atoms with E-state index in [1.54, 1.807) is 37.4 Å². The molecule has 3 N–H and O–H groups in total. The van der Waals surface area contributed by atoms with Crippen LogP contribution in [0.15, 0.2) is 73.1 Å². The van der Waals surface area contributed by atoms with E-state index in [0.717, 1.165) is 17.7 Å². The molecule has 1 heterocycles. The van der Waals surface area contributed by atoms with Crippen molar-refractivity contribution in [2.45, 2.75) is 18.8 Å². The number of fused-ring (bicyclic) bond motifs is 1. The number of nitrogens with zero attached hydrogens (tertiary/aromatic N) is 2. The second-order valence-electron chi connectivity index (χ2n) is 8.36. The first-order valence-electron chi connectivity index (χ1n) is 11.6. The van der Waals surface area contributed by atoms with Crippen molar-refractivity contribution in [3.8, 4) is 5.75 Å². The molecule has 1 aromatic heterocycles. The molecule has 0 spiro atoms. The minimum Gasteiger partial charge on any atom is -0.478 e. The molecule has 0 bridgehead atoms. The Balaban J connectivity index is 1.56. The Morgan fingerprint density at radius 3 is 2.46 bits per heavy atom. The Kier molecular flexibility index (Phi) is 8.25. The summed E-state index contributed by atoms with van der Waals surface area (Å²) in [6, 6.07) is 16.1. The third kappa shape index (κ3) is 6.99.